The van der Waals surface area contributed by atoms with Crippen molar-refractivity contribution in [3.8, 4) is 0 Å². The number of nitrogens with zero attached hydrogens (tertiary/aromatic N) is 1. The van der Waals surface area contributed by atoms with Crippen LogP contribution in [0.3, 0.4) is 0 Å². The Labute approximate surface area is 140 Å². The second-order valence-electron chi connectivity index (χ2n) is 6.55. The molecule has 0 spiro atoms. The first-order valence-electron chi connectivity index (χ1n) is 7.12. The third kappa shape index (κ3) is 3.25. The van der Waals surface area contributed by atoms with Crippen molar-refractivity contribution in [3.05, 3.63) is 22.3 Å². The Balaban J connectivity index is 0.00000161. The van der Waals surface area contributed by atoms with Gasteiger partial charge >= 0.3 is 0 Å². The van der Waals surface area contributed by atoms with Gasteiger partial charge in [-0.1, -0.05) is 26.8 Å². The Morgan fingerprint density at radius 3 is 2.76 bits per heavy atom. The van der Waals surface area contributed by atoms with Crippen LogP contribution in [-0.2, 0) is 4.79 Å². The van der Waals surface area contributed by atoms with Gasteiger partial charge in [-0.25, -0.2) is 4.98 Å². The van der Waals surface area contributed by atoms with E-state index >= 15 is 0 Å². The van der Waals surface area contributed by atoms with Crippen LogP contribution < -0.4 is 10.6 Å². The number of hydrogen-bond donors (Lipinski definition) is 2. The largest absolute Gasteiger partial charge is 0.309 e. The fraction of sp³-hybridized carbons (Fsp3) is 0.600. The zero-order valence-corrected chi connectivity index (χ0v) is 14.8. The van der Waals surface area contributed by atoms with E-state index in [0.29, 0.717) is 23.2 Å². The predicted molar refractivity (Wildman–Crippen MR) is 90.0 cm³/mol. The van der Waals surface area contributed by atoms with E-state index < -0.39 is 0 Å². The lowest BCUT2D eigenvalue weighted by atomic mass is 10.0. The number of carbonyl (C=O) groups excluding carboxylic acids is 1. The number of halogens is 2. The van der Waals surface area contributed by atoms with Gasteiger partial charge in [0.05, 0.1) is 6.04 Å². The van der Waals surface area contributed by atoms with Crippen LogP contribution in [0, 0.1) is 5.41 Å². The topological polar surface area (TPSA) is 54.0 Å². The molecule has 1 aliphatic carbocycles. The monoisotopic (exact) mass is 373 g/mol. The molecule has 1 saturated carbocycles. The predicted octanol–water partition coefficient (Wildman–Crippen LogP) is 3.47. The molecule has 1 amide bonds. The Kier molecular flexibility index (Phi) is 4.66. The summed E-state index contributed by atoms with van der Waals surface area (Å²) in [6.45, 7) is 6.45. The molecule has 1 aromatic heterocycles. The number of aromatic nitrogens is 1. The van der Waals surface area contributed by atoms with E-state index in [1.54, 1.807) is 0 Å². The highest BCUT2D eigenvalue weighted by atomic mass is 79.9. The van der Waals surface area contributed by atoms with Crippen LogP contribution in [0.15, 0.2) is 16.7 Å². The van der Waals surface area contributed by atoms with Gasteiger partial charge in [-0.15, -0.1) is 12.4 Å². The Morgan fingerprint density at radius 1 is 1.48 bits per heavy atom. The highest BCUT2D eigenvalue weighted by molar-refractivity contribution is 9.10. The lowest BCUT2D eigenvalue weighted by Gasteiger charge is -2.17. The normalized spacial score (nSPS) is 29.8. The summed E-state index contributed by atoms with van der Waals surface area (Å²) >= 11 is 3.37. The molecular formula is C15H21BrClN3O. The molecule has 2 fully saturated rings. The summed E-state index contributed by atoms with van der Waals surface area (Å²) in [5.41, 5.74) is 1.41. The highest BCUT2D eigenvalue weighted by Gasteiger charge is 2.58. The average molecular weight is 375 g/mol. The lowest BCUT2D eigenvalue weighted by molar-refractivity contribution is -0.118. The van der Waals surface area contributed by atoms with Gasteiger partial charge in [0, 0.05) is 6.04 Å². The molecule has 2 heterocycles. The molecular weight excluding hydrogens is 354 g/mol. The van der Waals surface area contributed by atoms with Crippen LogP contribution >= 0.6 is 28.3 Å². The third-order valence-electron chi connectivity index (χ3n) is 4.50. The molecule has 1 aromatic rings. The molecule has 1 saturated heterocycles. The summed E-state index contributed by atoms with van der Waals surface area (Å²) in [5.74, 6) is 1.03. The van der Waals surface area contributed by atoms with Gasteiger partial charge < -0.3 is 10.6 Å². The lowest BCUT2D eigenvalue weighted by Crippen LogP contribution is -2.38. The van der Waals surface area contributed by atoms with Gasteiger partial charge in [0.25, 0.3) is 0 Å². The van der Waals surface area contributed by atoms with Gasteiger partial charge in [0.1, 0.15) is 10.4 Å². The van der Waals surface area contributed by atoms with E-state index in [1.165, 1.54) is 6.42 Å². The Morgan fingerprint density at radius 2 is 2.19 bits per heavy atom. The number of amides is 1. The molecule has 2 aliphatic rings. The van der Waals surface area contributed by atoms with Crippen LogP contribution in [0.4, 0.5) is 5.82 Å². The van der Waals surface area contributed by atoms with E-state index in [2.05, 4.69) is 52.3 Å². The van der Waals surface area contributed by atoms with Crippen molar-refractivity contribution in [2.24, 2.45) is 5.41 Å². The van der Waals surface area contributed by atoms with Crippen LogP contribution in [0.5, 0.6) is 0 Å². The number of rotatable bonds is 3. The second kappa shape index (κ2) is 5.86. The summed E-state index contributed by atoms with van der Waals surface area (Å²) in [6, 6.07) is 4.37. The number of carbonyl (C=O) groups is 1. The molecule has 0 radical (unpaired) electrons. The number of piperidine rings is 1. The zero-order valence-electron chi connectivity index (χ0n) is 12.4. The van der Waals surface area contributed by atoms with Gasteiger partial charge in [-0.05, 0) is 51.7 Å². The molecule has 21 heavy (non-hydrogen) atoms. The minimum absolute atomic E-state index is 0. The molecule has 3 atom stereocenters. The van der Waals surface area contributed by atoms with Crippen LogP contribution in [0.25, 0.3) is 0 Å². The SMILES string of the molecule is CC(C)c1ccc(Br)nc1NC(=O)[C@@H]1C[C@@]2(C)C[C@H]2N1.Cl. The summed E-state index contributed by atoms with van der Waals surface area (Å²) in [7, 11) is 0. The number of hydrogen-bond acceptors (Lipinski definition) is 3. The molecule has 3 rings (SSSR count). The van der Waals surface area contributed by atoms with Gasteiger partial charge in [-0.3, -0.25) is 4.79 Å². The maximum atomic E-state index is 12.4. The number of nitrogens with one attached hydrogen (secondary N) is 2. The van der Waals surface area contributed by atoms with Crippen LogP contribution in [0.1, 0.15) is 45.1 Å². The molecule has 0 bridgehead atoms. The minimum atomic E-state index is -0.0838. The molecule has 2 N–H and O–H groups in total. The van der Waals surface area contributed by atoms with Crippen molar-refractivity contribution in [1.82, 2.24) is 10.3 Å². The molecule has 0 unspecified atom stereocenters. The van der Waals surface area contributed by atoms with E-state index in [4.69, 9.17) is 0 Å². The van der Waals surface area contributed by atoms with Crippen molar-refractivity contribution in [2.45, 2.75) is 51.6 Å². The first kappa shape index (κ1) is 16.7. The van der Waals surface area contributed by atoms with E-state index in [0.717, 1.165) is 16.6 Å². The first-order chi connectivity index (χ1) is 9.39. The fourth-order valence-electron chi connectivity index (χ4n) is 3.05. The minimum Gasteiger partial charge on any atom is -0.309 e. The molecule has 6 heteroatoms. The summed E-state index contributed by atoms with van der Waals surface area (Å²) in [5, 5.41) is 6.39. The quantitative estimate of drug-likeness (QED) is 0.797. The summed E-state index contributed by atoms with van der Waals surface area (Å²) < 4.78 is 0.742. The standard InChI is InChI=1S/C15H20BrN3O.ClH/c1-8(2)9-4-5-12(16)18-13(9)19-14(20)10-6-15(3)7-11(15)17-10;/h4-5,8,10-11,17H,6-7H2,1-3H3,(H,18,19,20);1H/t10-,11+,15-;/m0./s1. The number of anilines is 1. The van der Waals surface area contributed by atoms with Crippen molar-refractivity contribution in [2.75, 3.05) is 5.32 Å². The maximum Gasteiger partial charge on any atom is 0.242 e. The second-order valence-corrected chi connectivity index (χ2v) is 7.36. The van der Waals surface area contributed by atoms with Crippen LogP contribution in [-0.4, -0.2) is 23.0 Å². The zero-order chi connectivity index (χ0) is 14.5. The molecule has 1 aliphatic heterocycles. The van der Waals surface area contributed by atoms with Gasteiger partial charge in [0.2, 0.25) is 5.91 Å². The Bertz CT molecular complexity index is 566. The smallest absolute Gasteiger partial charge is 0.242 e. The molecule has 0 aromatic carbocycles. The summed E-state index contributed by atoms with van der Waals surface area (Å²) in [6.07, 6.45) is 2.12. The van der Waals surface area contributed by atoms with E-state index in [1.807, 2.05) is 12.1 Å². The third-order valence-corrected chi connectivity index (χ3v) is 4.94. The van der Waals surface area contributed by atoms with Crippen LogP contribution in [0.2, 0.25) is 0 Å². The van der Waals surface area contributed by atoms with Crippen molar-refractivity contribution in [3.63, 3.8) is 0 Å². The van der Waals surface area contributed by atoms with Crippen molar-refractivity contribution < 1.29 is 4.79 Å². The van der Waals surface area contributed by atoms with Crippen molar-refractivity contribution in [1.29, 1.82) is 0 Å². The fourth-order valence-corrected chi connectivity index (χ4v) is 3.35. The first-order valence-corrected chi connectivity index (χ1v) is 7.92. The van der Waals surface area contributed by atoms with Gasteiger partial charge in [-0.2, -0.15) is 0 Å². The molecule has 4 nitrogen and oxygen atoms in total. The number of fused-ring (bicyclic) bond motifs is 1. The van der Waals surface area contributed by atoms with E-state index in [-0.39, 0.29) is 24.4 Å². The molecule has 116 valence electrons. The van der Waals surface area contributed by atoms with Crippen molar-refractivity contribution >= 4 is 40.1 Å². The summed E-state index contributed by atoms with van der Waals surface area (Å²) in [4.78, 5) is 16.8. The average Bonchev–Trinajstić information content (AvgIpc) is 2.87. The highest BCUT2D eigenvalue weighted by Crippen LogP contribution is 2.53. The Hall–Kier alpha value is -0.650. The maximum absolute atomic E-state index is 12.4. The number of pyridine rings is 1. The van der Waals surface area contributed by atoms with Gasteiger partial charge in [0.15, 0.2) is 0 Å². The van der Waals surface area contributed by atoms with E-state index in [9.17, 15) is 4.79 Å².